The molecule has 6 nitrogen and oxygen atoms in total. The number of carbonyl (C=O) groups is 1. The molecule has 1 aromatic heterocycles. The SMILES string of the molecule is COCC(O)CN(C)C(=O)c1c(C)noc1C. The lowest BCUT2D eigenvalue weighted by Gasteiger charge is -2.20. The van der Waals surface area contributed by atoms with E-state index in [4.69, 9.17) is 9.26 Å². The van der Waals surface area contributed by atoms with Gasteiger partial charge in [0.15, 0.2) is 0 Å². The predicted octanol–water partition coefficient (Wildman–Crippen LogP) is 0.371. The fraction of sp³-hybridized carbons (Fsp3) is 0.636. The van der Waals surface area contributed by atoms with E-state index in [2.05, 4.69) is 5.16 Å². The number of carbonyl (C=O) groups excluding carboxylic acids is 1. The van der Waals surface area contributed by atoms with Crippen LogP contribution in [0.4, 0.5) is 0 Å². The number of aromatic nitrogens is 1. The van der Waals surface area contributed by atoms with Gasteiger partial charge < -0.3 is 19.3 Å². The number of ether oxygens (including phenoxy) is 1. The van der Waals surface area contributed by atoms with E-state index in [0.717, 1.165) is 0 Å². The van der Waals surface area contributed by atoms with Crippen molar-refractivity contribution in [3.05, 3.63) is 17.0 Å². The highest BCUT2D eigenvalue weighted by molar-refractivity contribution is 5.95. The van der Waals surface area contributed by atoms with E-state index in [1.165, 1.54) is 12.0 Å². The van der Waals surface area contributed by atoms with Gasteiger partial charge >= 0.3 is 0 Å². The first-order chi connectivity index (χ1) is 7.97. The van der Waals surface area contributed by atoms with E-state index in [0.29, 0.717) is 17.0 Å². The molecule has 0 bridgehead atoms. The Morgan fingerprint density at radius 1 is 1.59 bits per heavy atom. The van der Waals surface area contributed by atoms with Gasteiger partial charge in [-0.15, -0.1) is 0 Å². The normalized spacial score (nSPS) is 12.5. The highest BCUT2D eigenvalue weighted by atomic mass is 16.5. The average molecular weight is 242 g/mol. The molecule has 0 spiro atoms. The van der Waals surface area contributed by atoms with Gasteiger partial charge in [0.05, 0.1) is 18.4 Å². The van der Waals surface area contributed by atoms with Crippen molar-refractivity contribution in [1.29, 1.82) is 0 Å². The number of aliphatic hydroxyl groups excluding tert-OH is 1. The third kappa shape index (κ3) is 3.28. The first kappa shape index (κ1) is 13.7. The second-order valence-corrected chi connectivity index (χ2v) is 3.99. The van der Waals surface area contributed by atoms with Crippen LogP contribution in [0.2, 0.25) is 0 Å². The molecule has 6 heteroatoms. The average Bonchev–Trinajstić information content (AvgIpc) is 2.58. The van der Waals surface area contributed by atoms with Crippen molar-refractivity contribution < 1.29 is 19.2 Å². The highest BCUT2D eigenvalue weighted by Crippen LogP contribution is 2.14. The van der Waals surface area contributed by atoms with E-state index >= 15 is 0 Å². The lowest BCUT2D eigenvalue weighted by Crippen LogP contribution is -2.36. The summed E-state index contributed by atoms with van der Waals surface area (Å²) in [4.78, 5) is 13.5. The molecule has 0 fully saturated rings. The fourth-order valence-corrected chi connectivity index (χ4v) is 1.62. The second-order valence-electron chi connectivity index (χ2n) is 3.99. The molecule has 0 aliphatic carbocycles. The summed E-state index contributed by atoms with van der Waals surface area (Å²) in [7, 11) is 3.12. The molecule has 0 aromatic carbocycles. The van der Waals surface area contributed by atoms with Crippen LogP contribution in [0.15, 0.2) is 4.52 Å². The molecule has 1 N–H and O–H groups in total. The molecule has 17 heavy (non-hydrogen) atoms. The molecule has 1 atom stereocenters. The van der Waals surface area contributed by atoms with E-state index in [1.807, 2.05) is 0 Å². The minimum atomic E-state index is -0.700. The fourth-order valence-electron chi connectivity index (χ4n) is 1.62. The predicted molar refractivity (Wildman–Crippen MR) is 60.8 cm³/mol. The lowest BCUT2D eigenvalue weighted by molar-refractivity contribution is 0.0379. The first-order valence-electron chi connectivity index (χ1n) is 5.32. The summed E-state index contributed by atoms with van der Waals surface area (Å²) in [6.07, 6.45) is -0.700. The molecule has 1 amide bonds. The minimum Gasteiger partial charge on any atom is -0.389 e. The van der Waals surface area contributed by atoms with Crippen LogP contribution in [0.3, 0.4) is 0 Å². The van der Waals surface area contributed by atoms with Crippen molar-refractivity contribution >= 4 is 5.91 Å². The number of likely N-dealkylation sites (N-methyl/N-ethyl adjacent to an activating group) is 1. The zero-order chi connectivity index (χ0) is 13.0. The maximum Gasteiger partial charge on any atom is 0.259 e. The topological polar surface area (TPSA) is 75.8 Å². The van der Waals surface area contributed by atoms with Crippen molar-refractivity contribution in [3.8, 4) is 0 Å². The Bertz CT molecular complexity index is 369. The zero-order valence-corrected chi connectivity index (χ0v) is 10.6. The number of aryl methyl sites for hydroxylation is 2. The number of hydrogen-bond acceptors (Lipinski definition) is 5. The Morgan fingerprint density at radius 2 is 2.24 bits per heavy atom. The van der Waals surface area contributed by atoms with Gasteiger partial charge in [-0.1, -0.05) is 5.16 Å². The van der Waals surface area contributed by atoms with Crippen LogP contribution in [0.25, 0.3) is 0 Å². The summed E-state index contributed by atoms with van der Waals surface area (Å²) in [5.74, 6) is 0.275. The van der Waals surface area contributed by atoms with Gasteiger partial charge in [0.1, 0.15) is 11.3 Å². The van der Waals surface area contributed by atoms with Crippen molar-refractivity contribution in [3.63, 3.8) is 0 Å². The van der Waals surface area contributed by atoms with E-state index in [-0.39, 0.29) is 19.1 Å². The molecule has 1 unspecified atom stereocenters. The molecule has 1 heterocycles. The number of amides is 1. The largest absolute Gasteiger partial charge is 0.389 e. The summed E-state index contributed by atoms with van der Waals surface area (Å²) in [5, 5.41) is 13.3. The molecular weight excluding hydrogens is 224 g/mol. The minimum absolute atomic E-state index is 0.194. The number of rotatable bonds is 5. The lowest BCUT2D eigenvalue weighted by atomic mass is 10.2. The molecule has 96 valence electrons. The molecule has 1 rings (SSSR count). The summed E-state index contributed by atoms with van der Waals surface area (Å²) >= 11 is 0. The van der Waals surface area contributed by atoms with Crippen LogP contribution in [0, 0.1) is 13.8 Å². The zero-order valence-electron chi connectivity index (χ0n) is 10.6. The molecule has 0 aliphatic rings. The quantitative estimate of drug-likeness (QED) is 0.807. The number of nitrogens with zero attached hydrogens (tertiary/aromatic N) is 2. The molecular formula is C11H18N2O4. The van der Waals surface area contributed by atoms with Crippen LogP contribution in [-0.2, 0) is 4.74 Å². The van der Waals surface area contributed by atoms with Gasteiger partial charge in [0.2, 0.25) is 0 Å². The van der Waals surface area contributed by atoms with E-state index in [1.54, 1.807) is 20.9 Å². The van der Waals surface area contributed by atoms with Crippen LogP contribution in [0.1, 0.15) is 21.8 Å². The van der Waals surface area contributed by atoms with Gasteiger partial charge in [-0.25, -0.2) is 0 Å². The van der Waals surface area contributed by atoms with Crippen LogP contribution >= 0.6 is 0 Å². The molecule has 1 aromatic rings. The van der Waals surface area contributed by atoms with Crippen LogP contribution in [0.5, 0.6) is 0 Å². The van der Waals surface area contributed by atoms with Crippen molar-refractivity contribution in [1.82, 2.24) is 10.1 Å². The van der Waals surface area contributed by atoms with Crippen molar-refractivity contribution in [2.45, 2.75) is 20.0 Å². The Morgan fingerprint density at radius 3 is 2.71 bits per heavy atom. The highest BCUT2D eigenvalue weighted by Gasteiger charge is 2.22. The third-order valence-corrected chi connectivity index (χ3v) is 2.44. The Kier molecular flexibility index (Phi) is 4.65. The van der Waals surface area contributed by atoms with Gasteiger partial charge in [-0.2, -0.15) is 0 Å². The number of aliphatic hydroxyl groups is 1. The Balaban J connectivity index is 2.70. The molecule has 0 saturated carbocycles. The monoisotopic (exact) mass is 242 g/mol. The second kappa shape index (κ2) is 5.79. The molecule has 0 saturated heterocycles. The maximum atomic E-state index is 12.1. The molecule has 0 radical (unpaired) electrons. The third-order valence-electron chi connectivity index (χ3n) is 2.44. The standard InChI is InChI=1S/C11H18N2O4/c1-7-10(8(2)17-12-7)11(15)13(3)5-9(14)6-16-4/h9,14H,5-6H2,1-4H3. The summed E-state index contributed by atoms with van der Waals surface area (Å²) in [5.41, 5.74) is 1.01. The number of methoxy groups -OCH3 is 1. The summed E-state index contributed by atoms with van der Waals surface area (Å²) < 4.78 is 9.74. The summed E-state index contributed by atoms with van der Waals surface area (Å²) in [6, 6.07) is 0. The number of hydrogen-bond donors (Lipinski definition) is 1. The maximum absolute atomic E-state index is 12.1. The van der Waals surface area contributed by atoms with Gasteiger partial charge in [0.25, 0.3) is 5.91 Å². The Hall–Kier alpha value is -1.40. The van der Waals surface area contributed by atoms with Crippen molar-refractivity contribution in [2.24, 2.45) is 0 Å². The summed E-state index contributed by atoms with van der Waals surface area (Å²) in [6.45, 7) is 3.80. The first-order valence-corrected chi connectivity index (χ1v) is 5.32. The van der Waals surface area contributed by atoms with Crippen LogP contribution in [-0.4, -0.2) is 54.5 Å². The van der Waals surface area contributed by atoms with E-state index < -0.39 is 6.10 Å². The van der Waals surface area contributed by atoms with E-state index in [9.17, 15) is 9.90 Å². The smallest absolute Gasteiger partial charge is 0.259 e. The van der Waals surface area contributed by atoms with Gasteiger partial charge in [0, 0.05) is 20.7 Å². The van der Waals surface area contributed by atoms with Gasteiger partial charge in [-0.3, -0.25) is 4.79 Å². The molecule has 0 aliphatic heterocycles. The Labute approximate surface area is 100 Å². The van der Waals surface area contributed by atoms with Gasteiger partial charge in [-0.05, 0) is 13.8 Å². The van der Waals surface area contributed by atoms with Crippen LogP contribution < -0.4 is 0 Å². The van der Waals surface area contributed by atoms with Crippen molar-refractivity contribution in [2.75, 3.05) is 27.3 Å².